The molecule has 3 rings (SSSR count). The van der Waals surface area contributed by atoms with E-state index in [1.165, 1.54) is 0 Å². The average Bonchev–Trinajstić information content (AvgIpc) is 3.16. The summed E-state index contributed by atoms with van der Waals surface area (Å²) < 4.78 is 7.62. The molecule has 2 heterocycles. The summed E-state index contributed by atoms with van der Waals surface area (Å²) in [6, 6.07) is 12.0. The number of benzene rings is 1. The highest BCUT2D eigenvalue weighted by Crippen LogP contribution is 2.17. The first kappa shape index (κ1) is 19.4. The predicted molar refractivity (Wildman–Crippen MR) is 111 cm³/mol. The molecule has 0 amide bonds. The van der Waals surface area contributed by atoms with E-state index in [0.29, 0.717) is 19.7 Å². The lowest BCUT2D eigenvalue weighted by molar-refractivity contribution is 0.336. The van der Waals surface area contributed by atoms with Crippen molar-refractivity contribution >= 4 is 5.96 Å². The van der Waals surface area contributed by atoms with Crippen molar-refractivity contribution < 1.29 is 4.74 Å². The molecule has 0 radical (unpaired) electrons. The van der Waals surface area contributed by atoms with E-state index in [-0.39, 0.29) is 0 Å². The van der Waals surface area contributed by atoms with Crippen molar-refractivity contribution in [2.75, 3.05) is 13.7 Å². The first-order chi connectivity index (χ1) is 13.7. The van der Waals surface area contributed by atoms with Gasteiger partial charge in [0.1, 0.15) is 17.4 Å². The van der Waals surface area contributed by atoms with Gasteiger partial charge in [0.15, 0.2) is 5.96 Å². The summed E-state index contributed by atoms with van der Waals surface area (Å²) >= 11 is 0. The lowest BCUT2D eigenvalue weighted by atomic mass is 10.2. The van der Waals surface area contributed by atoms with Gasteiger partial charge in [0, 0.05) is 44.3 Å². The Labute approximate surface area is 165 Å². The summed E-state index contributed by atoms with van der Waals surface area (Å²) in [4.78, 5) is 13.0. The average molecular weight is 378 g/mol. The van der Waals surface area contributed by atoms with E-state index in [1.54, 1.807) is 13.2 Å². The van der Waals surface area contributed by atoms with Gasteiger partial charge < -0.3 is 15.4 Å². The van der Waals surface area contributed by atoms with Gasteiger partial charge in [-0.3, -0.25) is 9.56 Å². The minimum absolute atomic E-state index is 0.628. The van der Waals surface area contributed by atoms with Gasteiger partial charge >= 0.3 is 0 Å². The molecule has 0 aliphatic rings. The Morgan fingerprint density at radius 3 is 2.61 bits per heavy atom. The maximum atomic E-state index is 5.67. The van der Waals surface area contributed by atoms with E-state index in [9.17, 15) is 0 Å². The molecule has 0 fully saturated rings. The molecule has 2 N–H and O–H groups in total. The van der Waals surface area contributed by atoms with E-state index in [2.05, 4.69) is 25.6 Å². The number of ether oxygens (including phenoxy) is 1. The van der Waals surface area contributed by atoms with Crippen molar-refractivity contribution in [1.82, 2.24) is 25.2 Å². The molecule has 3 aromatic rings. The topological polar surface area (TPSA) is 76.4 Å². The summed E-state index contributed by atoms with van der Waals surface area (Å²) in [5.74, 6) is 3.38. The van der Waals surface area contributed by atoms with Gasteiger partial charge in [-0.15, -0.1) is 0 Å². The van der Waals surface area contributed by atoms with Crippen LogP contribution in [0.3, 0.4) is 0 Å². The van der Waals surface area contributed by atoms with Crippen LogP contribution in [0.2, 0.25) is 0 Å². The molecule has 0 saturated carbocycles. The van der Waals surface area contributed by atoms with Crippen LogP contribution in [0.25, 0.3) is 5.82 Å². The quantitative estimate of drug-likeness (QED) is 0.488. The van der Waals surface area contributed by atoms with E-state index in [0.717, 1.165) is 34.5 Å². The number of hydrogen-bond acceptors (Lipinski definition) is 4. The van der Waals surface area contributed by atoms with Crippen LogP contribution in [-0.4, -0.2) is 34.1 Å². The number of nitrogens with zero attached hydrogens (tertiary/aromatic N) is 4. The third kappa shape index (κ3) is 4.88. The standard InChI is InChI=1S/C21H26N6O/c1-4-28-19-8-6-5-7-18(19)15-26-21(22-3)25-14-17-9-10-20(24-13-17)27-12-11-23-16(27)2/h5-13H,4,14-15H2,1-3H3,(H2,22,25,26). The van der Waals surface area contributed by atoms with Gasteiger partial charge in [-0.05, 0) is 31.5 Å². The highest BCUT2D eigenvalue weighted by atomic mass is 16.5. The van der Waals surface area contributed by atoms with Gasteiger partial charge in [0.05, 0.1) is 6.61 Å². The lowest BCUT2D eigenvalue weighted by Gasteiger charge is -2.14. The van der Waals surface area contributed by atoms with Crippen LogP contribution < -0.4 is 15.4 Å². The number of imidazole rings is 1. The van der Waals surface area contributed by atoms with Crippen LogP contribution in [0.4, 0.5) is 0 Å². The molecule has 2 aromatic heterocycles. The summed E-state index contributed by atoms with van der Waals surface area (Å²) in [6.45, 7) is 5.84. The summed E-state index contributed by atoms with van der Waals surface area (Å²) in [6.07, 6.45) is 5.53. The molecular formula is C21H26N6O. The minimum atomic E-state index is 0.628. The van der Waals surface area contributed by atoms with Crippen molar-refractivity contribution in [3.05, 3.63) is 71.9 Å². The number of aliphatic imine (C=N–C) groups is 1. The highest BCUT2D eigenvalue weighted by Gasteiger charge is 2.05. The SMILES string of the molecule is CCOc1ccccc1CNC(=NC)NCc1ccc(-n2ccnc2C)nc1. The Balaban J connectivity index is 1.55. The fourth-order valence-corrected chi connectivity index (χ4v) is 2.82. The second kappa shape index (κ2) is 9.55. The molecule has 7 heteroatoms. The number of hydrogen-bond donors (Lipinski definition) is 2. The van der Waals surface area contributed by atoms with Gasteiger partial charge in [-0.25, -0.2) is 9.97 Å². The zero-order chi connectivity index (χ0) is 19.8. The number of rotatable bonds is 7. The first-order valence-corrected chi connectivity index (χ1v) is 9.31. The molecule has 1 aromatic carbocycles. The number of pyridine rings is 1. The Bertz CT molecular complexity index is 917. The van der Waals surface area contributed by atoms with Crippen molar-refractivity contribution in [3.8, 4) is 11.6 Å². The molecule has 0 saturated heterocycles. The molecule has 28 heavy (non-hydrogen) atoms. The van der Waals surface area contributed by atoms with Crippen molar-refractivity contribution in [3.63, 3.8) is 0 Å². The number of aromatic nitrogens is 3. The van der Waals surface area contributed by atoms with Crippen LogP contribution in [0.15, 0.2) is 60.0 Å². The third-order valence-corrected chi connectivity index (χ3v) is 4.28. The molecule has 0 atom stereocenters. The van der Waals surface area contributed by atoms with Crippen molar-refractivity contribution in [2.24, 2.45) is 4.99 Å². The van der Waals surface area contributed by atoms with Crippen LogP contribution in [0.5, 0.6) is 5.75 Å². The predicted octanol–water partition coefficient (Wildman–Crippen LogP) is 2.84. The zero-order valence-electron chi connectivity index (χ0n) is 16.5. The molecule has 0 aliphatic heterocycles. The van der Waals surface area contributed by atoms with Crippen LogP contribution in [-0.2, 0) is 13.1 Å². The van der Waals surface area contributed by atoms with E-state index < -0.39 is 0 Å². The summed E-state index contributed by atoms with van der Waals surface area (Å²) in [7, 11) is 1.76. The van der Waals surface area contributed by atoms with E-state index in [1.807, 2.05) is 67.2 Å². The summed E-state index contributed by atoms with van der Waals surface area (Å²) in [5, 5.41) is 6.63. The minimum Gasteiger partial charge on any atom is -0.494 e. The van der Waals surface area contributed by atoms with Crippen LogP contribution in [0, 0.1) is 6.92 Å². The van der Waals surface area contributed by atoms with E-state index in [4.69, 9.17) is 4.74 Å². The molecule has 0 aliphatic carbocycles. The third-order valence-electron chi connectivity index (χ3n) is 4.28. The molecule has 7 nitrogen and oxygen atoms in total. The Kier molecular flexibility index (Phi) is 6.62. The highest BCUT2D eigenvalue weighted by molar-refractivity contribution is 5.79. The molecule has 0 spiro atoms. The largest absolute Gasteiger partial charge is 0.494 e. The number of aryl methyl sites for hydroxylation is 1. The summed E-state index contributed by atoms with van der Waals surface area (Å²) in [5.41, 5.74) is 2.16. The van der Waals surface area contributed by atoms with Crippen molar-refractivity contribution in [1.29, 1.82) is 0 Å². The second-order valence-corrected chi connectivity index (χ2v) is 6.19. The van der Waals surface area contributed by atoms with Gasteiger partial charge in [0.2, 0.25) is 0 Å². The lowest BCUT2D eigenvalue weighted by Crippen LogP contribution is -2.36. The Hall–Kier alpha value is -3.35. The fraction of sp³-hybridized carbons (Fsp3) is 0.286. The van der Waals surface area contributed by atoms with Crippen LogP contribution >= 0.6 is 0 Å². The maximum Gasteiger partial charge on any atom is 0.191 e. The Morgan fingerprint density at radius 2 is 1.93 bits per heavy atom. The number of nitrogens with one attached hydrogen (secondary N) is 2. The fourth-order valence-electron chi connectivity index (χ4n) is 2.82. The zero-order valence-corrected chi connectivity index (χ0v) is 16.5. The van der Waals surface area contributed by atoms with Crippen LogP contribution in [0.1, 0.15) is 23.9 Å². The molecule has 0 unspecified atom stereocenters. The Morgan fingerprint density at radius 1 is 1.11 bits per heavy atom. The first-order valence-electron chi connectivity index (χ1n) is 9.31. The van der Waals surface area contributed by atoms with Gasteiger partial charge in [-0.1, -0.05) is 24.3 Å². The number of guanidine groups is 1. The monoisotopic (exact) mass is 378 g/mol. The molecular weight excluding hydrogens is 352 g/mol. The van der Waals surface area contributed by atoms with Crippen molar-refractivity contribution in [2.45, 2.75) is 26.9 Å². The molecule has 0 bridgehead atoms. The van der Waals surface area contributed by atoms with Gasteiger partial charge in [0.25, 0.3) is 0 Å². The number of para-hydroxylation sites is 1. The van der Waals surface area contributed by atoms with Gasteiger partial charge in [-0.2, -0.15) is 0 Å². The second-order valence-electron chi connectivity index (χ2n) is 6.19. The smallest absolute Gasteiger partial charge is 0.191 e. The van der Waals surface area contributed by atoms with E-state index >= 15 is 0 Å². The normalized spacial score (nSPS) is 11.3. The molecule has 146 valence electrons. The maximum absolute atomic E-state index is 5.67.